The molecule has 3 rings (SSSR count). The zero-order chi connectivity index (χ0) is 16.3. The first-order chi connectivity index (χ1) is 11.1. The molecule has 1 fully saturated rings. The van der Waals surface area contributed by atoms with Crippen LogP contribution in [0.1, 0.15) is 25.7 Å². The van der Waals surface area contributed by atoms with E-state index in [4.69, 9.17) is 5.73 Å². The van der Waals surface area contributed by atoms with E-state index in [2.05, 4.69) is 4.72 Å². The van der Waals surface area contributed by atoms with E-state index in [-0.39, 0.29) is 0 Å². The Morgan fingerprint density at radius 2 is 1.61 bits per heavy atom. The lowest BCUT2D eigenvalue weighted by atomic mass is 9.82. The fourth-order valence-electron chi connectivity index (χ4n) is 3.41. The molecule has 3 N–H and O–H groups in total. The van der Waals surface area contributed by atoms with Crippen LogP contribution in [0, 0.1) is 11.8 Å². The van der Waals surface area contributed by atoms with Gasteiger partial charge in [0.25, 0.3) is 0 Å². The highest BCUT2D eigenvalue weighted by Crippen LogP contribution is 2.28. The summed E-state index contributed by atoms with van der Waals surface area (Å²) < 4.78 is 28.2. The number of nitrogens with one attached hydrogen (secondary N) is 1. The molecule has 0 atom stereocenters. The number of sulfonamides is 1. The molecule has 0 amide bonds. The van der Waals surface area contributed by atoms with Gasteiger partial charge in [0, 0.05) is 11.9 Å². The third-order valence-corrected chi connectivity index (χ3v) is 6.38. The van der Waals surface area contributed by atoms with Crippen molar-refractivity contribution >= 4 is 20.8 Å². The Balaban J connectivity index is 1.72. The fourth-order valence-corrected chi connectivity index (χ4v) is 4.75. The first-order valence-electron chi connectivity index (χ1n) is 8.27. The lowest BCUT2D eigenvalue weighted by Gasteiger charge is -2.27. The summed E-state index contributed by atoms with van der Waals surface area (Å²) in [5, 5.41) is 1.72. The number of benzene rings is 2. The van der Waals surface area contributed by atoms with Crippen molar-refractivity contribution in [2.24, 2.45) is 17.6 Å². The molecule has 0 radical (unpaired) electrons. The van der Waals surface area contributed by atoms with Crippen LogP contribution in [0.25, 0.3) is 10.8 Å². The van der Waals surface area contributed by atoms with E-state index < -0.39 is 10.0 Å². The highest BCUT2D eigenvalue weighted by molar-refractivity contribution is 7.89. The van der Waals surface area contributed by atoms with Gasteiger partial charge < -0.3 is 5.73 Å². The number of hydrogen-bond donors (Lipinski definition) is 2. The molecule has 0 aliphatic heterocycles. The molecule has 124 valence electrons. The normalized spacial score (nSPS) is 22.3. The van der Waals surface area contributed by atoms with Crippen LogP contribution in [0.5, 0.6) is 0 Å². The second kappa shape index (κ2) is 6.99. The minimum absolute atomic E-state index is 0.367. The van der Waals surface area contributed by atoms with Crippen LogP contribution in [0.4, 0.5) is 0 Å². The van der Waals surface area contributed by atoms with Gasteiger partial charge in [0.15, 0.2) is 0 Å². The molecule has 0 saturated heterocycles. The van der Waals surface area contributed by atoms with Crippen LogP contribution in [0.15, 0.2) is 47.4 Å². The molecule has 0 heterocycles. The average Bonchev–Trinajstić information content (AvgIpc) is 2.60. The van der Waals surface area contributed by atoms with Crippen LogP contribution in [0.2, 0.25) is 0 Å². The van der Waals surface area contributed by atoms with E-state index in [0.717, 1.165) is 43.0 Å². The van der Waals surface area contributed by atoms with Crippen molar-refractivity contribution in [3.05, 3.63) is 42.5 Å². The summed E-state index contributed by atoms with van der Waals surface area (Å²) in [7, 11) is -3.48. The summed E-state index contributed by atoms with van der Waals surface area (Å²) >= 11 is 0. The van der Waals surface area contributed by atoms with E-state index >= 15 is 0 Å². The Labute approximate surface area is 138 Å². The van der Waals surface area contributed by atoms with Gasteiger partial charge in [0.05, 0.1) is 4.90 Å². The van der Waals surface area contributed by atoms with Crippen molar-refractivity contribution in [2.45, 2.75) is 30.6 Å². The van der Waals surface area contributed by atoms with Crippen molar-refractivity contribution in [1.82, 2.24) is 4.72 Å². The predicted molar refractivity (Wildman–Crippen MR) is 93.6 cm³/mol. The summed E-state index contributed by atoms with van der Waals surface area (Å²) in [5.74, 6) is 1.03. The van der Waals surface area contributed by atoms with E-state index in [9.17, 15) is 8.42 Å². The molecule has 1 aliphatic rings. The van der Waals surface area contributed by atoms with Crippen LogP contribution in [-0.4, -0.2) is 21.5 Å². The van der Waals surface area contributed by atoms with Crippen LogP contribution >= 0.6 is 0 Å². The molecule has 2 aromatic carbocycles. The monoisotopic (exact) mass is 332 g/mol. The largest absolute Gasteiger partial charge is 0.330 e. The molecule has 4 nitrogen and oxygen atoms in total. The van der Waals surface area contributed by atoms with Crippen LogP contribution in [-0.2, 0) is 10.0 Å². The number of nitrogens with two attached hydrogens (primary N) is 1. The summed E-state index contributed by atoms with van der Waals surface area (Å²) in [5.41, 5.74) is 5.71. The molecule has 5 heteroatoms. The Morgan fingerprint density at radius 1 is 0.957 bits per heavy atom. The number of fused-ring (bicyclic) bond motifs is 1. The lowest BCUT2D eigenvalue weighted by molar-refractivity contribution is 0.280. The quantitative estimate of drug-likeness (QED) is 0.884. The zero-order valence-electron chi connectivity index (χ0n) is 13.2. The van der Waals surface area contributed by atoms with Gasteiger partial charge in [-0.25, -0.2) is 13.1 Å². The molecule has 1 aliphatic carbocycles. The molecule has 2 aromatic rings. The third kappa shape index (κ3) is 3.74. The number of rotatable bonds is 5. The smallest absolute Gasteiger partial charge is 0.241 e. The first kappa shape index (κ1) is 16.4. The average molecular weight is 332 g/mol. The molecule has 0 unspecified atom stereocenters. The SMILES string of the molecule is NC[C@H]1CC[C@H](CNS(=O)(=O)c2cccc3ccccc23)CC1. The van der Waals surface area contributed by atoms with Gasteiger partial charge in [-0.2, -0.15) is 0 Å². The minimum Gasteiger partial charge on any atom is -0.330 e. The Hall–Kier alpha value is -1.43. The summed E-state index contributed by atoms with van der Waals surface area (Å²) in [4.78, 5) is 0.367. The van der Waals surface area contributed by atoms with Crippen LogP contribution < -0.4 is 10.5 Å². The maximum Gasteiger partial charge on any atom is 0.241 e. The van der Waals surface area contributed by atoms with E-state index in [1.54, 1.807) is 12.1 Å². The summed E-state index contributed by atoms with van der Waals surface area (Å²) in [6.45, 7) is 1.26. The zero-order valence-corrected chi connectivity index (χ0v) is 14.1. The van der Waals surface area contributed by atoms with Crippen molar-refractivity contribution in [1.29, 1.82) is 0 Å². The molecular formula is C18H24N2O2S. The molecule has 1 saturated carbocycles. The van der Waals surface area contributed by atoms with E-state index in [1.807, 2.05) is 30.3 Å². The number of hydrogen-bond acceptors (Lipinski definition) is 3. The van der Waals surface area contributed by atoms with E-state index in [1.165, 1.54) is 0 Å². The van der Waals surface area contributed by atoms with Gasteiger partial charge in [-0.05, 0) is 55.5 Å². The van der Waals surface area contributed by atoms with Gasteiger partial charge in [-0.15, -0.1) is 0 Å². The second-order valence-electron chi connectivity index (χ2n) is 6.45. The van der Waals surface area contributed by atoms with Crippen LogP contribution in [0.3, 0.4) is 0 Å². The fraction of sp³-hybridized carbons (Fsp3) is 0.444. The molecule has 23 heavy (non-hydrogen) atoms. The Bertz CT molecular complexity index is 760. The Kier molecular flexibility index (Phi) is 4.99. The molecule has 0 spiro atoms. The van der Waals surface area contributed by atoms with Gasteiger partial charge in [-0.1, -0.05) is 36.4 Å². The molecule has 0 bridgehead atoms. The van der Waals surface area contributed by atoms with E-state index in [0.29, 0.717) is 23.3 Å². The second-order valence-corrected chi connectivity index (χ2v) is 8.19. The topological polar surface area (TPSA) is 72.2 Å². The highest BCUT2D eigenvalue weighted by atomic mass is 32.2. The Morgan fingerprint density at radius 3 is 2.35 bits per heavy atom. The van der Waals surface area contributed by atoms with Crippen molar-refractivity contribution < 1.29 is 8.42 Å². The van der Waals surface area contributed by atoms with Crippen molar-refractivity contribution in [3.63, 3.8) is 0 Å². The van der Waals surface area contributed by atoms with Gasteiger partial charge in [-0.3, -0.25) is 0 Å². The maximum absolute atomic E-state index is 12.7. The standard InChI is InChI=1S/C18H24N2O2S/c19-12-14-8-10-15(11-9-14)13-20-23(21,22)18-7-3-5-16-4-1-2-6-17(16)18/h1-7,14-15,20H,8-13,19H2/t14-,15-. The third-order valence-electron chi connectivity index (χ3n) is 4.90. The van der Waals surface area contributed by atoms with Gasteiger partial charge in [0.1, 0.15) is 0 Å². The maximum atomic E-state index is 12.7. The summed E-state index contributed by atoms with van der Waals surface area (Å²) in [6.07, 6.45) is 4.33. The summed E-state index contributed by atoms with van der Waals surface area (Å²) in [6, 6.07) is 13.0. The van der Waals surface area contributed by atoms with Gasteiger partial charge in [0.2, 0.25) is 10.0 Å². The highest BCUT2D eigenvalue weighted by Gasteiger charge is 2.23. The minimum atomic E-state index is -3.48. The molecule has 0 aromatic heterocycles. The van der Waals surface area contributed by atoms with Crippen molar-refractivity contribution in [3.8, 4) is 0 Å². The van der Waals surface area contributed by atoms with Gasteiger partial charge >= 0.3 is 0 Å². The lowest BCUT2D eigenvalue weighted by Crippen LogP contribution is -2.32. The predicted octanol–water partition coefficient (Wildman–Crippen LogP) is 2.88. The van der Waals surface area contributed by atoms with Crippen molar-refractivity contribution in [2.75, 3.05) is 13.1 Å². The molecular weight excluding hydrogens is 308 g/mol. The first-order valence-corrected chi connectivity index (χ1v) is 9.76.